The van der Waals surface area contributed by atoms with Crippen molar-refractivity contribution in [3.63, 3.8) is 0 Å². The molecule has 0 fully saturated rings. The Morgan fingerprint density at radius 1 is 1.31 bits per heavy atom. The van der Waals surface area contributed by atoms with Crippen LogP contribution in [0.25, 0.3) is 11.2 Å². The predicted molar refractivity (Wildman–Crippen MR) is 56.3 cm³/mol. The highest BCUT2D eigenvalue weighted by Gasteiger charge is 2.08. The van der Waals surface area contributed by atoms with Crippen LogP contribution in [0, 0.1) is 0 Å². The molecule has 1 amide bonds. The molecule has 8 nitrogen and oxygen atoms in total. The van der Waals surface area contributed by atoms with Crippen molar-refractivity contribution in [1.82, 2.24) is 19.9 Å². The Kier molecular flexibility index (Phi) is 2.31. The normalized spacial score (nSPS) is 10.6. The van der Waals surface area contributed by atoms with Crippen LogP contribution < -0.4 is 16.6 Å². The zero-order valence-electron chi connectivity index (χ0n) is 8.38. The average molecular weight is 223 g/mol. The van der Waals surface area contributed by atoms with E-state index in [2.05, 4.69) is 20.3 Å². The van der Waals surface area contributed by atoms with Crippen molar-refractivity contribution in [1.29, 1.82) is 0 Å². The van der Waals surface area contributed by atoms with Crippen molar-refractivity contribution in [3.8, 4) is 0 Å². The lowest BCUT2D eigenvalue weighted by molar-refractivity contribution is -0.115. The number of carbonyl (C=O) groups is 1. The first-order valence-electron chi connectivity index (χ1n) is 4.62. The summed E-state index contributed by atoms with van der Waals surface area (Å²) in [5, 5.41) is 2.45. The monoisotopic (exact) mass is 223 g/mol. The van der Waals surface area contributed by atoms with Gasteiger partial charge in [0.2, 0.25) is 11.9 Å². The standard InChI is InChI=1S/C8H9N5O3/c1-2-3(14)9-7-10-4-5(11-7)12-8(16)13-6(4)15/h2H2,1H3,(H4,9,10,11,12,13,14,15,16). The van der Waals surface area contributed by atoms with Gasteiger partial charge < -0.3 is 4.98 Å². The lowest BCUT2D eigenvalue weighted by atomic mass is 10.5. The van der Waals surface area contributed by atoms with Crippen molar-refractivity contribution in [3.05, 3.63) is 20.8 Å². The largest absolute Gasteiger partial charge is 0.327 e. The predicted octanol–water partition coefficient (Wildman–Crippen LogP) is -0.712. The number of anilines is 1. The van der Waals surface area contributed by atoms with Gasteiger partial charge in [-0.15, -0.1) is 0 Å². The molecule has 84 valence electrons. The molecule has 0 radical (unpaired) electrons. The van der Waals surface area contributed by atoms with Gasteiger partial charge in [-0.1, -0.05) is 6.92 Å². The van der Waals surface area contributed by atoms with Crippen molar-refractivity contribution >= 4 is 23.0 Å². The second-order valence-corrected chi connectivity index (χ2v) is 3.12. The maximum atomic E-state index is 11.3. The van der Waals surface area contributed by atoms with E-state index in [1.807, 2.05) is 4.98 Å². The van der Waals surface area contributed by atoms with Gasteiger partial charge in [0.25, 0.3) is 5.56 Å². The first kappa shape index (κ1) is 10.1. The van der Waals surface area contributed by atoms with Crippen LogP contribution in [0.3, 0.4) is 0 Å². The highest BCUT2D eigenvalue weighted by molar-refractivity contribution is 5.90. The summed E-state index contributed by atoms with van der Waals surface area (Å²) in [4.78, 5) is 44.2. The number of imidazole rings is 1. The summed E-state index contributed by atoms with van der Waals surface area (Å²) in [7, 11) is 0. The van der Waals surface area contributed by atoms with Crippen LogP contribution in [-0.2, 0) is 4.79 Å². The van der Waals surface area contributed by atoms with E-state index in [4.69, 9.17) is 0 Å². The van der Waals surface area contributed by atoms with Gasteiger partial charge in [0, 0.05) is 6.42 Å². The van der Waals surface area contributed by atoms with E-state index >= 15 is 0 Å². The maximum absolute atomic E-state index is 11.3. The topological polar surface area (TPSA) is 123 Å². The first-order chi connectivity index (χ1) is 7.60. The minimum absolute atomic E-state index is 0.111. The Morgan fingerprint density at radius 3 is 2.75 bits per heavy atom. The molecule has 0 atom stereocenters. The summed E-state index contributed by atoms with van der Waals surface area (Å²) in [5.41, 5.74) is -0.994. The SMILES string of the molecule is CCC(=O)Nc1nc2[nH]c(=O)[nH]c(=O)c2[nH]1. The van der Waals surface area contributed by atoms with E-state index in [9.17, 15) is 14.4 Å². The van der Waals surface area contributed by atoms with Gasteiger partial charge in [-0.3, -0.25) is 24.9 Å². The van der Waals surface area contributed by atoms with Crippen LogP contribution in [0.4, 0.5) is 5.95 Å². The zero-order chi connectivity index (χ0) is 11.7. The third-order valence-electron chi connectivity index (χ3n) is 1.97. The summed E-state index contributed by atoms with van der Waals surface area (Å²) in [6.45, 7) is 1.69. The fraction of sp³-hybridized carbons (Fsp3) is 0.250. The lowest BCUT2D eigenvalue weighted by Crippen LogP contribution is -2.21. The highest BCUT2D eigenvalue weighted by atomic mass is 16.2. The first-order valence-corrected chi connectivity index (χ1v) is 4.62. The number of rotatable bonds is 2. The molecule has 0 aliphatic carbocycles. The molecule has 8 heteroatoms. The van der Waals surface area contributed by atoms with Crippen molar-refractivity contribution in [2.75, 3.05) is 5.32 Å². The molecule has 2 aromatic heterocycles. The van der Waals surface area contributed by atoms with Crippen LogP contribution in [0.5, 0.6) is 0 Å². The third kappa shape index (κ3) is 1.72. The fourth-order valence-electron chi connectivity index (χ4n) is 1.21. The molecule has 0 aliphatic heterocycles. The van der Waals surface area contributed by atoms with Gasteiger partial charge in [0.1, 0.15) is 0 Å². The number of hydrogen-bond acceptors (Lipinski definition) is 4. The molecule has 2 rings (SSSR count). The van der Waals surface area contributed by atoms with Gasteiger partial charge in [0.05, 0.1) is 0 Å². The molecular formula is C8H9N5O3. The molecule has 0 aliphatic rings. The molecule has 0 aromatic carbocycles. The van der Waals surface area contributed by atoms with Crippen LogP contribution in [-0.4, -0.2) is 25.8 Å². The number of nitrogens with one attached hydrogen (secondary N) is 4. The third-order valence-corrected chi connectivity index (χ3v) is 1.97. The number of carbonyl (C=O) groups excluding carboxylic acids is 1. The molecule has 2 aromatic rings. The lowest BCUT2D eigenvalue weighted by Gasteiger charge is -1.95. The van der Waals surface area contributed by atoms with Crippen LogP contribution >= 0.6 is 0 Å². The summed E-state index contributed by atoms with van der Waals surface area (Å²) in [5.74, 6) is -0.105. The average Bonchev–Trinajstić information content (AvgIpc) is 2.60. The Bertz CT molecular complexity index is 649. The Labute approximate surface area is 88.1 Å². The van der Waals surface area contributed by atoms with E-state index in [-0.39, 0.29) is 23.0 Å². The number of aromatic nitrogens is 4. The van der Waals surface area contributed by atoms with Crippen molar-refractivity contribution in [2.24, 2.45) is 0 Å². The van der Waals surface area contributed by atoms with Crippen LogP contribution in [0.1, 0.15) is 13.3 Å². The molecule has 0 spiro atoms. The van der Waals surface area contributed by atoms with Crippen molar-refractivity contribution in [2.45, 2.75) is 13.3 Å². The second-order valence-electron chi connectivity index (χ2n) is 3.12. The number of hydrogen-bond donors (Lipinski definition) is 4. The fourth-order valence-corrected chi connectivity index (χ4v) is 1.21. The number of nitrogens with zero attached hydrogens (tertiary/aromatic N) is 1. The molecule has 4 N–H and O–H groups in total. The smallest absolute Gasteiger partial charge is 0.318 e. The van der Waals surface area contributed by atoms with Gasteiger partial charge >= 0.3 is 5.69 Å². The van der Waals surface area contributed by atoms with E-state index in [1.165, 1.54) is 0 Å². The zero-order valence-corrected chi connectivity index (χ0v) is 8.38. The molecular weight excluding hydrogens is 214 g/mol. The van der Waals surface area contributed by atoms with Gasteiger partial charge in [-0.05, 0) is 0 Å². The molecule has 0 saturated carbocycles. The van der Waals surface area contributed by atoms with E-state index in [0.29, 0.717) is 6.42 Å². The highest BCUT2D eigenvalue weighted by Crippen LogP contribution is 2.05. The molecule has 0 unspecified atom stereocenters. The van der Waals surface area contributed by atoms with E-state index < -0.39 is 11.2 Å². The Morgan fingerprint density at radius 2 is 2.06 bits per heavy atom. The van der Waals surface area contributed by atoms with E-state index in [1.54, 1.807) is 6.92 Å². The number of amides is 1. The maximum Gasteiger partial charge on any atom is 0.327 e. The second kappa shape index (κ2) is 3.65. The van der Waals surface area contributed by atoms with Crippen LogP contribution in [0.2, 0.25) is 0 Å². The molecule has 0 saturated heterocycles. The minimum Gasteiger partial charge on any atom is -0.318 e. The van der Waals surface area contributed by atoms with Gasteiger partial charge in [-0.2, -0.15) is 4.98 Å². The number of aromatic amines is 3. The molecule has 0 bridgehead atoms. The van der Waals surface area contributed by atoms with Gasteiger partial charge in [-0.25, -0.2) is 4.79 Å². The number of fused-ring (bicyclic) bond motifs is 1. The quantitative estimate of drug-likeness (QED) is 0.536. The minimum atomic E-state index is -0.641. The van der Waals surface area contributed by atoms with Crippen molar-refractivity contribution < 1.29 is 4.79 Å². The summed E-state index contributed by atoms with van der Waals surface area (Å²) < 4.78 is 0. The number of H-pyrrole nitrogens is 3. The summed E-state index contributed by atoms with van der Waals surface area (Å²) in [6.07, 6.45) is 0.296. The molecule has 16 heavy (non-hydrogen) atoms. The van der Waals surface area contributed by atoms with Gasteiger partial charge in [0.15, 0.2) is 11.2 Å². The van der Waals surface area contributed by atoms with E-state index in [0.717, 1.165) is 0 Å². The summed E-state index contributed by atoms with van der Waals surface area (Å²) in [6, 6.07) is 0. The molecule has 2 heterocycles. The Balaban J connectivity index is 2.52. The van der Waals surface area contributed by atoms with Crippen LogP contribution in [0.15, 0.2) is 9.59 Å². The summed E-state index contributed by atoms with van der Waals surface area (Å²) >= 11 is 0. The Hall–Kier alpha value is -2.38.